The van der Waals surface area contributed by atoms with Crippen LogP contribution < -0.4 is 31.5 Å². The van der Waals surface area contributed by atoms with Gasteiger partial charge in [0.2, 0.25) is 0 Å². The summed E-state index contributed by atoms with van der Waals surface area (Å²) < 4.78 is 0. The average Bonchev–Trinajstić information content (AvgIpc) is 3.17. The normalized spacial score (nSPS) is 10.7. The lowest BCUT2D eigenvalue weighted by atomic mass is 9.96. The summed E-state index contributed by atoms with van der Waals surface area (Å²) in [6, 6.07) is 14.9. The van der Waals surface area contributed by atoms with Gasteiger partial charge in [-0.1, -0.05) is 88.8 Å². The van der Waals surface area contributed by atoms with Crippen LogP contribution in [0.4, 0.5) is 28.8 Å². The third kappa shape index (κ3) is 15.5. The molecule has 0 bridgehead atoms. The van der Waals surface area contributed by atoms with Crippen LogP contribution in [0.5, 0.6) is 0 Å². The third-order valence-corrected chi connectivity index (χ3v) is 9.41. The number of aromatic nitrogens is 4. The number of nitriles is 2. The van der Waals surface area contributed by atoms with Crippen molar-refractivity contribution in [1.82, 2.24) is 35.9 Å². The number of rotatable bonds is 11. The summed E-state index contributed by atoms with van der Waals surface area (Å²) >= 11 is 8.77. The van der Waals surface area contributed by atoms with Crippen LogP contribution in [0.3, 0.4) is 0 Å². The molecule has 0 saturated heterocycles. The topological polar surface area (TPSA) is 197 Å². The van der Waals surface area contributed by atoms with Gasteiger partial charge in [0.05, 0.1) is 0 Å². The standard InChI is InChI=1S/C21H28N6OS.C15H14ClN5OS.C6H15N/c1-13-8-9-14(19(28)23-5)10-16(13)24-17-15(11-22)18(26-20(25-17)29-7)27(6)12-21(2,3)4;1-8-4-5-9(14(22)18-2)6-11(8)19-13-10(7-17)12(16)20-15(21-13)23-3;1-6(2,3)5-7-4/h8-10H,12H2,1-7H3,(H,23,28)(H,24,25,26);4-6H,1-3H3,(H,18,22)(H,19,20,21);7H,5H2,1-4H3. The van der Waals surface area contributed by atoms with Gasteiger partial charge < -0.3 is 31.5 Å². The van der Waals surface area contributed by atoms with Crippen molar-refractivity contribution in [3.8, 4) is 12.1 Å². The molecule has 0 saturated carbocycles. The number of nitrogens with one attached hydrogen (secondary N) is 5. The summed E-state index contributed by atoms with van der Waals surface area (Å²) in [7, 11) is 7.07. The van der Waals surface area contributed by atoms with Gasteiger partial charge in [-0.3, -0.25) is 9.59 Å². The summed E-state index contributed by atoms with van der Waals surface area (Å²) in [5.74, 6) is 0.962. The molecule has 4 aromatic rings. The molecule has 0 aliphatic heterocycles. The predicted octanol–water partition coefficient (Wildman–Crippen LogP) is 8.35. The first-order valence-corrected chi connectivity index (χ1v) is 21.4. The van der Waals surface area contributed by atoms with Crippen LogP contribution in [-0.2, 0) is 0 Å². The predicted molar refractivity (Wildman–Crippen MR) is 244 cm³/mol. The molecule has 0 aliphatic carbocycles. The maximum atomic E-state index is 12.0. The van der Waals surface area contributed by atoms with Gasteiger partial charge in [-0.2, -0.15) is 10.5 Å². The number of nitrogens with zero attached hydrogens (tertiary/aromatic N) is 7. The highest BCUT2D eigenvalue weighted by atomic mass is 35.5. The van der Waals surface area contributed by atoms with Crippen LogP contribution in [0.1, 0.15) is 84.5 Å². The van der Waals surface area contributed by atoms with Gasteiger partial charge in [0.15, 0.2) is 32.9 Å². The minimum Gasteiger partial charge on any atom is -0.358 e. The molecule has 59 heavy (non-hydrogen) atoms. The van der Waals surface area contributed by atoms with Crippen molar-refractivity contribution in [3.63, 3.8) is 0 Å². The van der Waals surface area contributed by atoms with E-state index in [1.54, 1.807) is 38.4 Å². The molecule has 0 radical (unpaired) electrons. The molecule has 5 N–H and O–H groups in total. The van der Waals surface area contributed by atoms with Crippen molar-refractivity contribution in [3.05, 3.63) is 74.9 Å². The molecule has 4 rings (SSSR count). The molecule has 17 heteroatoms. The van der Waals surface area contributed by atoms with Crippen LogP contribution in [0.2, 0.25) is 5.15 Å². The van der Waals surface area contributed by atoms with E-state index in [4.69, 9.17) is 11.6 Å². The number of aryl methyl sites for hydroxylation is 2. The number of carbonyl (C=O) groups excluding carboxylic acids is 2. The molecular formula is C42H57ClN12O2S2. The highest BCUT2D eigenvalue weighted by Crippen LogP contribution is 2.32. The van der Waals surface area contributed by atoms with E-state index >= 15 is 0 Å². The number of carbonyl (C=O) groups is 2. The Morgan fingerprint density at radius 1 is 0.729 bits per heavy atom. The second-order valence-electron chi connectivity index (χ2n) is 15.7. The zero-order valence-corrected chi connectivity index (χ0v) is 38.9. The molecule has 2 heterocycles. The van der Waals surface area contributed by atoms with Crippen LogP contribution >= 0.6 is 35.1 Å². The van der Waals surface area contributed by atoms with Gasteiger partial charge in [-0.15, -0.1) is 0 Å². The van der Waals surface area contributed by atoms with E-state index < -0.39 is 0 Å². The SMILES string of the molecule is CNC(=O)c1ccc(C)c(Nc2nc(SC)nc(Cl)c2C#N)c1.CNC(=O)c1ccc(C)c(Nc2nc(SC)nc(N(C)CC(C)(C)C)c2C#N)c1.CNCC(C)(C)C. The van der Waals surface area contributed by atoms with Gasteiger partial charge >= 0.3 is 0 Å². The first-order valence-electron chi connectivity index (χ1n) is 18.6. The van der Waals surface area contributed by atoms with Crippen molar-refractivity contribution in [2.75, 3.05) is 69.3 Å². The molecular weight excluding hydrogens is 804 g/mol. The summed E-state index contributed by atoms with van der Waals surface area (Å²) in [5, 5.41) is 34.9. The molecule has 2 amide bonds. The first-order chi connectivity index (χ1) is 27.6. The lowest BCUT2D eigenvalue weighted by molar-refractivity contribution is 0.0955. The Morgan fingerprint density at radius 3 is 1.53 bits per heavy atom. The fourth-order valence-electron chi connectivity index (χ4n) is 5.34. The van der Waals surface area contributed by atoms with E-state index in [0.29, 0.717) is 55.6 Å². The number of thioether (sulfide) groups is 2. The second kappa shape index (κ2) is 22.9. The summed E-state index contributed by atoms with van der Waals surface area (Å²) in [6.07, 6.45) is 3.72. The molecule has 0 aliphatic rings. The summed E-state index contributed by atoms with van der Waals surface area (Å²) in [6.45, 7) is 18.7. The van der Waals surface area contributed by atoms with E-state index in [1.165, 1.54) is 23.5 Å². The Morgan fingerprint density at radius 2 is 1.17 bits per heavy atom. The minimum absolute atomic E-state index is 0.0397. The van der Waals surface area contributed by atoms with Gasteiger partial charge in [0.25, 0.3) is 11.8 Å². The zero-order valence-electron chi connectivity index (χ0n) is 36.5. The van der Waals surface area contributed by atoms with Crippen LogP contribution in [0.15, 0.2) is 46.7 Å². The molecule has 14 nitrogen and oxygen atoms in total. The third-order valence-electron chi connectivity index (χ3n) is 8.04. The fourth-order valence-corrected chi connectivity index (χ4v) is 6.33. The Labute approximate surface area is 363 Å². The van der Waals surface area contributed by atoms with E-state index in [-0.39, 0.29) is 27.9 Å². The van der Waals surface area contributed by atoms with E-state index in [1.807, 2.05) is 63.6 Å². The molecule has 0 fully saturated rings. The highest BCUT2D eigenvalue weighted by Gasteiger charge is 2.22. The molecule has 0 spiro atoms. The largest absolute Gasteiger partial charge is 0.358 e. The molecule has 2 aromatic carbocycles. The zero-order chi connectivity index (χ0) is 44.7. The number of hydrogen-bond donors (Lipinski definition) is 5. The maximum Gasteiger partial charge on any atom is 0.251 e. The number of amides is 2. The van der Waals surface area contributed by atoms with Crippen LogP contribution in [-0.4, -0.2) is 85.5 Å². The molecule has 316 valence electrons. The first kappa shape index (κ1) is 50.0. The second-order valence-corrected chi connectivity index (χ2v) is 17.6. The minimum atomic E-state index is -0.195. The molecule has 0 unspecified atom stereocenters. The lowest BCUT2D eigenvalue weighted by Gasteiger charge is -2.28. The number of halogens is 1. The monoisotopic (exact) mass is 860 g/mol. The van der Waals surface area contributed by atoms with Gasteiger partial charge in [-0.05, 0) is 86.2 Å². The maximum absolute atomic E-state index is 12.0. The molecule has 2 aromatic heterocycles. The lowest BCUT2D eigenvalue weighted by Crippen LogP contribution is -2.30. The Kier molecular flexibility index (Phi) is 19.4. The quantitative estimate of drug-likeness (QED) is 0.0548. The van der Waals surface area contributed by atoms with E-state index in [2.05, 4.69) is 94.1 Å². The fraction of sp³-hybridized carbons (Fsp3) is 0.429. The van der Waals surface area contributed by atoms with Crippen molar-refractivity contribution in [2.24, 2.45) is 10.8 Å². The van der Waals surface area contributed by atoms with Gasteiger partial charge in [0, 0.05) is 50.2 Å². The van der Waals surface area contributed by atoms with Crippen LogP contribution in [0.25, 0.3) is 0 Å². The van der Waals surface area contributed by atoms with Crippen molar-refractivity contribution in [1.29, 1.82) is 10.5 Å². The summed E-state index contributed by atoms with van der Waals surface area (Å²) in [5.41, 5.74) is 5.29. The summed E-state index contributed by atoms with van der Waals surface area (Å²) in [4.78, 5) is 43.2. The van der Waals surface area contributed by atoms with Crippen molar-refractivity contribution < 1.29 is 9.59 Å². The van der Waals surface area contributed by atoms with Crippen LogP contribution in [0, 0.1) is 47.3 Å². The van der Waals surface area contributed by atoms with E-state index in [9.17, 15) is 20.1 Å². The average molecular weight is 862 g/mol. The Hall–Kier alpha value is -5.13. The van der Waals surface area contributed by atoms with Crippen molar-refractivity contribution in [2.45, 2.75) is 65.7 Å². The number of anilines is 5. The molecule has 0 atom stereocenters. The Balaban J connectivity index is 0.000000356. The Bertz CT molecular complexity index is 2170. The number of hydrogen-bond acceptors (Lipinski definition) is 14. The smallest absolute Gasteiger partial charge is 0.251 e. The van der Waals surface area contributed by atoms with E-state index in [0.717, 1.165) is 29.9 Å². The van der Waals surface area contributed by atoms with Gasteiger partial charge in [0.1, 0.15) is 23.3 Å². The highest BCUT2D eigenvalue weighted by molar-refractivity contribution is 7.98. The van der Waals surface area contributed by atoms with Crippen molar-refractivity contribution >= 4 is 75.8 Å². The number of benzene rings is 2. The van der Waals surface area contributed by atoms with Gasteiger partial charge in [-0.25, -0.2) is 19.9 Å².